The predicted molar refractivity (Wildman–Crippen MR) is 65.2 cm³/mol. The molecule has 0 aliphatic heterocycles. The van der Waals surface area contributed by atoms with Crippen molar-refractivity contribution in [3.8, 4) is 0 Å². The molecule has 17 heavy (non-hydrogen) atoms. The SMILES string of the molecule is CCC(CC)NC(=O)c1cccc(C(=O)O)c1. The number of rotatable bonds is 5. The van der Waals surface area contributed by atoms with E-state index < -0.39 is 5.97 Å². The fourth-order valence-electron chi connectivity index (χ4n) is 1.55. The summed E-state index contributed by atoms with van der Waals surface area (Å²) in [6, 6.07) is 6.18. The highest BCUT2D eigenvalue weighted by Gasteiger charge is 2.12. The maximum atomic E-state index is 11.8. The minimum Gasteiger partial charge on any atom is -0.478 e. The summed E-state index contributed by atoms with van der Waals surface area (Å²) < 4.78 is 0. The van der Waals surface area contributed by atoms with Crippen molar-refractivity contribution in [2.24, 2.45) is 0 Å². The predicted octanol–water partition coefficient (Wildman–Crippen LogP) is 2.30. The van der Waals surface area contributed by atoms with Gasteiger partial charge in [-0.25, -0.2) is 4.79 Å². The van der Waals surface area contributed by atoms with Crippen LogP contribution in [0.1, 0.15) is 47.4 Å². The van der Waals surface area contributed by atoms with E-state index in [9.17, 15) is 9.59 Å². The van der Waals surface area contributed by atoms with Gasteiger partial charge in [-0.2, -0.15) is 0 Å². The van der Waals surface area contributed by atoms with E-state index in [1.54, 1.807) is 12.1 Å². The van der Waals surface area contributed by atoms with Crippen LogP contribution in [0.15, 0.2) is 24.3 Å². The van der Waals surface area contributed by atoms with E-state index >= 15 is 0 Å². The lowest BCUT2D eigenvalue weighted by atomic mass is 10.1. The minimum absolute atomic E-state index is 0.127. The van der Waals surface area contributed by atoms with E-state index in [2.05, 4.69) is 5.32 Å². The Morgan fingerprint density at radius 2 is 1.82 bits per heavy atom. The minimum atomic E-state index is -1.03. The zero-order chi connectivity index (χ0) is 12.8. The molecule has 0 saturated heterocycles. The number of aromatic carboxylic acids is 1. The fourth-order valence-corrected chi connectivity index (χ4v) is 1.55. The van der Waals surface area contributed by atoms with Crippen molar-refractivity contribution in [2.45, 2.75) is 32.7 Å². The molecule has 1 rings (SSSR count). The van der Waals surface area contributed by atoms with Gasteiger partial charge in [0.25, 0.3) is 5.91 Å². The Balaban J connectivity index is 2.82. The average molecular weight is 235 g/mol. The first-order valence-electron chi connectivity index (χ1n) is 5.72. The molecule has 92 valence electrons. The van der Waals surface area contributed by atoms with Gasteiger partial charge in [0.05, 0.1) is 5.56 Å². The smallest absolute Gasteiger partial charge is 0.335 e. The van der Waals surface area contributed by atoms with Crippen LogP contribution < -0.4 is 5.32 Å². The molecule has 0 radical (unpaired) electrons. The van der Waals surface area contributed by atoms with Crippen molar-refractivity contribution in [1.82, 2.24) is 5.32 Å². The van der Waals surface area contributed by atoms with Crippen LogP contribution in [-0.2, 0) is 0 Å². The van der Waals surface area contributed by atoms with Crippen molar-refractivity contribution in [3.05, 3.63) is 35.4 Å². The van der Waals surface area contributed by atoms with Crippen molar-refractivity contribution in [3.63, 3.8) is 0 Å². The summed E-state index contributed by atoms with van der Waals surface area (Å²) in [5.41, 5.74) is 0.513. The number of hydrogen-bond donors (Lipinski definition) is 2. The van der Waals surface area contributed by atoms with Crippen molar-refractivity contribution in [1.29, 1.82) is 0 Å². The number of benzene rings is 1. The standard InChI is InChI=1S/C13H17NO3/c1-3-11(4-2)14-12(15)9-6-5-7-10(8-9)13(16)17/h5-8,11H,3-4H2,1-2H3,(H,14,15)(H,16,17). The first kappa shape index (κ1) is 13.2. The maximum absolute atomic E-state index is 11.8. The van der Waals surface area contributed by atoms with Crippen molar-refractivity contribution < 1.29 is 14.7 Å². The summed E-state index contributed by atoms with van der Waals surface area (Å²) in [5, 5.41) is 11.7. The van der Waals surface area contributed by atoms with E-state index in [4.69, 9.17) is 5.11 Å². The van der Waals surface area contributed by atoms with Gasteiger partial charge in [-0.05, 0) is 31.0 Å². The molecule has 0 fully saturated rings. The average Bonchev–Trinajstić information content (AvgIpc) is 2.35. The Bertz CT molecular complexity index is 411. The molecule has 4 nitrogen and oxygen atoms in total. The van der Waals surface area contributed by atoms with Crippen LogP contribution in [0.4, 0.5) is 0 Å². The van der Waals surface area contributed by atoms with E-state index in [1.165, 1.54) is 12.1 Å². The van der Waals surface area contributed by atoms with Gasteiger partial charge in [0.1, 0.15) is 0 Å². The fraction of sp³-hybridized carbons (Fsp3) is 0.385. The van der Waals surface area contributed by atoms with Gasteiger partial charge in [-0.3, -0.25) is 4.79 Å². The second-order valence-corrected chi connectivity index (χ2v) is 3.87. The van der Waals surface area contributed by atoms with E-state index in [1.807, 2.05) is 13.8 Å². The lowest BCUT2D eigenvalue weighted by molar-refractivity contribution is 0.0697. The topological polar surface area (TPSA) is 66.4 Å². The summed E-state index contributed by atoms with van der Waals surface area (Å²) >= 11 is 0. The molecular formula is C13H17NO3. The molecule has 4 heteroatoms. The van der Waals surface area contributed by atoms with Crippen molar-refractivity contribution in [2.75, 3.05) is 0 Å². The Morgan fingerprint density at radius 1 is 1.24 bits per heavy atom. The molecule has 1 aromatic rings. The number of nitrogens with one attached hydrogen (secondary N) is 1. The molecule has 0 saturated carbocycles. The van der Waals surface area contributed by atoms with Gasteiger partial charge in [-0.1, -0.05) is 19.9 Å². The molecule has 0 unspecified atom stereocenters. The summed E-state index contributed by atoms with van der Waals surface area (Å²) in [6.45, 7) is 4.00. The van der Waals surface area contributed by atoms with Gasteiger partial charge < -0.3 is 10.4 Å². The third-order valence-electron chi connectivity index (χ3n) is 2.69. The number of carboxylic acids is 1. The molecule has 0 aliphatic carbocycles. The third-order valence-corrected chi connectivity index (χ3v) is 2.69. The van der Waals surface area contributed by atoms with Gasteiger partial charge >= 0.3 is 5.97 Å². The van der Waals surface area contributed by atoms with Crippen LogP contribution in [-0.4, -0.2) is 23.0 Å². The third kappa shape index (κ3) is 3.59. The van der Waals surface area contributed by atoms with E-state index in [0.717, 1.165) is 12.8 Å². The molecule has 1 amide bonds. The summed E-state index contributed by atoms with van der Waals surface area (Å²) in [5.74, 6) is -1.25. The molecule has 0 bridgehead atoms. The number of carbonyl (C=O) groups excluding carboxylic acids is 1. The number of hydrogen-bond acceptors (Lipinski definition) is 2. The van der Waals surface area contributed by atoms with Gasteiger partial charge in [0, 0.05) is 11.6 Å². The molecule has 0 heterocycles. The van der Waals surface area contributed by atoms with E-state index in [-0.39, 0.29) is 17.5 Å². The Labute approximate surface area is 101 Å². The van der Waals surface area contributed by atoms with Crippen LogP contribution in [0.5, 0.6) is 0 Å². The Hall–Kier alpha value is -1.84. The Kier molecular flexibility index (Phi) is 4.69. The van der Waals surface area contributed by atoms with Crippen LogP contribution in [0.3, 0.4) is 0 Å². The van der Waals surface area contributed by atoms with Crippen LogP contribution >= 0.6 is 0 Å². The second-order valence-electron chi connectivity index (χ2n) is 3.87. The Morgan fingerprint density at radius 3 is 2.35 bits per heavy atom. The second kappa shape index (κ2) is 6.03. The highest BCUT2D eigenvalue weighted by atomic mass is 16.4. The lowest BCUT2D eigenvalue weighted by Crippen LogP contribution is -2.33. The first-order valence-corrected chi connectivity index (χ1v) is 5.72. The quantitative estimate of drug-likeness (QED) is 0.823. The van der Waals surface area contributed by atoms with Crippen LogP contribution in [0.25, 0.3) is 0 Å². The summed E-state index contributed by atoms with van der Waals surface area (Å²) in [4.78, 5) is 22.6. The largest absolute Gasteiger partial charge is 0.478 e. The number of amides is 1. The number of carboxylic acid groups (broad SMARTS) is 1. The van der Waals surface area contributed by atoms with Gasteiger partial charge in [0.2, 0.25) is 0 Å². The van der Waals surface area contributed by atoms with Gasteiger partial charge in [0.15, 0.2) is 0 Å². The lowest BCUT2D eigenvalue weighted by Gasteiger charge is -2.14. The molecule has 0 aromatic heterocycles. The molecule has 0 atom stereocenters. The van der Waals surface area contributed by atoms with Crippen molar-refractivity contribution >= 4 is 11.9 Å². The zero-order valence-electron chi connectivity index (χ0n) is 10.1. The number of carbonyl (C=O) groups is 2. The van der Waals surface area contributed by atoms with Gasteiger partial charge in [-0.15, -0.1) is 0 Å². The first-order chi connectivity index (χ1) is 8.08. The molecular weight excluding hydrogens is 218 g/mol. The van der Waals surface area contributed by atoms with Crippen LogP contribution in [0.2, 0.25) is 0 Å². The van der Waals surface area contributed by atoms with E-state index in [0.29, 0.717) is 5.56 Å². The summed E-state index contributed by atoms with van der Waals surface area (Å²) in [7, 11) is 0. The highest BCUT2D eigenvalue weighted by molar-refractivity contribution is 5.97. The molecule has 1 aromatic carbocycles. The van der Waals surface area contributed by atoms with Crippen LogP contribution in [0, 0.1) is 0 Å². The monoisotopic (exact) mass is 235 g/mol. The summed E-state index contributed by atoms with van der Waals surface area (Å²) in [6.07, 6.45) is 1.72. The molecule has 0 aliphatic rings. The highest BCUT2D eigenvalue weighted by Crippen LogP contribution is 2.07. The normalized spacial score (nSPS) is 10.3. The molecule has 0 spiro atoms. The maximum Gasteiger partial charge on any atom is 0.335 e. The zero-order valence-corrected chi connectivity index (χ0v) is 10.1. The molecule has 2 N–H and O–H groups in total.